The van der Waals surface area contributed by atoms with E-state index in [-0.39, 0.29) is 5.69 Å². The Kier molecular flexibility index (Phi) is 3.39. The van der Waals surface area contributed by atoms with Gasteiger partial charge >= 0.3 is 5.69 Å². The molecule has 4 nitrogen and oxygen atoms in total. The largest absolute Gasteiger partial charge is 0.399 e. The van der Waals surface area contributed by atoms with Gasteiger partial charge in [0.05, 0.1) is 6.54 Å². The molecule has 0 aliphatic rings. The highest BCUT2D eigenvalue weighted by atomic mass is 35.5. The molecule has 0 unspecified atom stereocenters. The Labute approximate surface area is 110 Å². The van der Waals surface area contributed by atoms with Crippen molar-refractivity contribution in [3.05, 3.63) is 56.7 Å². The Bertz CT molecular complexity index is 649. The Hall–Kier alpha value is -1.81. The maximum atomic E-state index is 11.8. The van der Waals surface area contributed by atoms with E-state index in [2.05, 4.69) is 4.98 Å². The van der Waals surface area contributed by atoms with Crippen LogP contribution in [-0.2, 0) is 6.54 Å². The van der Waals surface area contributed by atoms with Gasteiger partial charge in [-0.3, -0.25) is 4.57 Å². The summed E-state index contributed by atoms with van der Waals surface area (Å²) in [5.41, 5.74) is 8.41. The molecule has 0 fully saturated rings. The smallest absolute Gasteiger partial charge is 0.348 e. The molecule has 0 saturated carbocycles. The third-order valence-electron chi connectivity index (χ3n) is 2.75. The molecule has 0 saturated heterocycles. The highest BCUT2D eigenvalue weighted by Gasteiger charge is 2.07. The minimum atomic E-state index is -0.264. The molecule has 1 aromatic carbocycles. The molecular formula is C13H14ClN3O. The van der Waals surface area contributed by atoms with Crippen LogP contribution in [0.15, 0.2) is 29.1 Å². The van der Waals surface area contributed by atoms with Gasteiger partial charge in [-0.25, -0.2) is 4.79 Å². The zero-order valence-corrected chi connectivity index (χ0v) is 11.0. The van der Waals surface area contributed by atoms with Crippen molar-refractivity contribution in [2.75, 3.05) is 5.73 Å². The first-order valence-corrected chi connectivity index (χ1v) is 5.94. The fourth-order valence-electron chi connectivity index (χ4n) is 1.83. The SMILES string of the molecule is Cc1cc(C)n(Cc2ccc(N)cc2Cl)c(=O)n1. The molecule has 1 aromatic heterocycles. The lowest BCUT2D eigenvalue weighted by molar-refractivity contribution is 0.694. The molecule has 0 atom stereocenters. The van der Waals surface area contributed by atoms with E-state index in [1.54, 1.807) is 23.6 Å². The monoisotopic (exact) mass is 263 g/mol. The van der Waals surface area contributed by atoms with Crippen molar-refractivity contribution in [1.29, 1.82) is 0 Å². The molecule has 2 aromatic rings. The van der Waals surface area contributed by atoms with Crippen LogP contribution in [0.3, 0.4) is 0 Å². The fourth-order valence-corrected chi connectivity index (χ4v) is 2.08. The number of nitrogen functional groups attached to an aromatic ring is 1. The van der Waals surface area contributed by atoms with Crippen LogP contribution < -0.4 is 11.4 Å². The Morgan fingerprint density at radius 1 is 1.33 bits per heavy atom. The maximum absolute atomic E-state index is 11.8. The second kappa shape index (κ2) is 4.82. The molecule has 0 aliphatic heterocycles. The first-order valence-electron chi connectivity index (χ1n) is 5.56. The van der Waals surface area contributed by atoms with Crippen molar-refractivity contribution < 1.29 is 0 Å². The summed E-state index contributed by atoms with van der Waals surface area (Å²) in [6.07, 6.45) is 0. The van der Waals surface area contributed by atoms with Crippen molar-refractivity contribution in [1.82, 2.24) is 9.55 Å². The zero-order valence-electron chi connectivity index (χ0n) is 10.3. The van der Waals surface area contributed by atoms with Gasteiger partial charge in [-0.15, -0.1) is 0 Å². The van der Waals surface area contributed by atoms with Gasteiger partial charge in [0.1, 0.15) is 0 Å². The summed E-state index contributed by atoms with van der Waals surface area (Å²) in [7, 11) is 0. The van der Waals surface area contributed by atoms with Crippen LogP contribution in [0.4, 0.5) is 5.69 Å². The van der Waals surface area contributed by atoms with Gasteiger partial charge in [0.15, 0.2) is 0 Å². The summed E-state index contributed by atoms with van der Waals surface area (Å²) in [5.74, 6) is 0. The van der Waals surface area contributed by atoms with Crippen LogP contribution in [0.25, 0.3) is 0 Å². The van der Waals surface area contributed by atoms with Gasteiger partial charge in [0.2, 0.25) is 0 Å². The van der Waals surface area contributed by atoms with E-state index in [1.165, 1.54) is 0 Å². The van der Waals surface area contributed by atoms with Crippen molar-refractivity contribution in [2.24, 2.45) is 0 Å². The molecule has 0 bridgehead atoms. The summed E-state index contributed by atoms with van der Waals surface area (Å²) in [6.45, 7) is 4.08. The van der Waals surface area contributed by atoms with Crippen LogP contribution in [0.1, 0.15) is 17.0 Å². The number of nitrogens with two attached hydrogens (primary N) is 1. The van der Waals surface area contributed by atoms with E-state index in [1.807, 2.05) is 19.1 Å². The summed E-state index contributed by atoms with van der Waals surface area (Å²) < 4.78 is 1.59. The van der Waals surface area contributed by atoms with E-state index in [0.29, 0.717) is 17.3 Å². The van der Waals surface area contributed by atoms with E-state index in [0.717, 1.165) is 17.0 Å². The normalized spacial score (nSPS) is 10.6. The minimum Gasteiger partial charge on any atom is -0.399 e. The quantitative estimate of drug-likeness (QED) is 0.845. The fraction of sp³-hybridized carbons (Fsp3) is 0.231. The molecule has 0 amide bonds. The molecule has 94 valence electrons. The van der Waals surface area contributed by atoms with Gasteiger partial charge in [-0.2, -0.15) is 4.98 Å². The number of aromatic nitrogens is 2. The number of rotatable bonds is 2. The van der Waals surface area contributed by atoms with E-state index in [4.69, 9.17) is 17.3 Å². The number of hydrogen-bond donors (Lipinski definition) is 1. The van der Waals surface area contributed by atoms with Crippen molar-refractivity contribution >= 4 is 17.3 Å². The Morgan fingerprint density at radius 3 is 2.67 bits per heavy atom. The third kappa shape index (κ3) is 2.54. The van der Waals surface area contributed by atoms with E-state index >= 15 is 0 Å². The maximum Gasteiger partial charge on any atom is 0.348 e. The topological polar surface area (TPSA) is 60.9 Å². The summed E-state index contributed by atoms with van der Waals surface area (Å²) in [4.78, 5) is 15.7. The van der Waals surface area contributed by atoms with Gasteiger partial charge in [0.25, 0.3) is 0 Å². The van der Waals surface area contributed by atoms with E-state index in [9.17, 15) is 4.79 Å². The molecule has 2 rings (SSSR count). The molecular weight excluding hydrogens is 250 g/mol. The minimum absolute atomic E-state index is 0.264. The summed E-state index contributed by atoms with van der Waals surface area (Å²) >= 11 is 6.10. The average Bonchev–Trinajstić information content (AvgIpc) is 2.25. The van der Waals surface area contributed by atoms with Crippen LogP contribution in [-0.4, -0.2) is 9.55 Å². The summed E-state index contributed by atoms with van der Waals surface area (Å²) in [5, 5.41) is 0.557. The lowest BCUT2D eigenvalue weighted by atomic mass is 10.2. The second-order valence-electron chi connectivity index (χ2n) is 4.26. The second-order valence-corrected chi connectivity index (χ2v) is 4.67. The Balaban J connectivity index is 2.43. The molecule has 2 N–H and O–H groups in total. The van der Waals surface area contributed by atoms with Crippen LogP contribution in [0.2, 0.25) is 5.02 Å². The highest BCUT2D eigenvalue weighted by Crippen LogP contribution is 2.20. The Morgan fingerprint density at radius 2 is 2.06 bits per heavy atom. The molecule has 0 aliphatic carbocycles. The average molecular weight is 264 g/mol. The number of anilines is 1. The number of aryl methyl sites for hydroxylation is 2. The number of nitrogens with zero attached hydrogens (tertiary/aromatic N) is 2. The highest BCUT2D eigenvalue weighted by molar-refractivity contribution is 6.31. The van der Waals surface area contributed by atoms with Crippen LogP contribution in [0, 0.1) is 13.8 Å². The predicted octanol–water partition coefficient (Wildman–Crippen LogP) is 2.14. The zero-order chi connectivity index (χ0) is 13.3. The van der Waals surface area contributed by atoms with Gasteiger partial charge in [-0.1, -0.05) is 17.7 Å². The third-order valence-corrected chi connectivity index (χ3v) is 3.10. The summed E-state index contributed by atoms with van der Waals surface area (Å²) in [6, 6.07) is 7.14. The first kappa shape index (κ1) is 12.6. The molecule has 0 spiro atoms. The number of halogens is 1. The predicted molar refractivity (Wildman–Crippen MR) is 72.9 cm³/mol. The van der Waals surface area contributed by atoms with Gasteiger partial charge < -0.3 is 5.73 Å². The van der Waals surface area contributed by atoms with Gasteiger partial charge in [-0.05, 0) is 37.6 Å². The molecule has 1 heterocycles. The number of benzene rings is 1. The molecule has 0 radical (unpaired) electrons. The molecule has 5 heteroatoms. The first-order chi connectivity index (χ1) is 8.47. The van der Waals surface area contributed by atoms with Crippen molar-refractivity contribution in [2.45, 2.75) is 20.4 Å². The lowest BCUT2D eigenvalue weighted by Gasteiger charge is -2.11. The molecule has 18 heavy (non-hydrogen) atoms. The van der Waals surface area contributed by atoms with Crippen LogP contribution >= 0.6 is 11.6 Å². The standard InChI is InChI=1S/C13H14ClN3O/c1-8-5-9(2)17(13(18)16-8)7-10-3-4-11(15)6-12(10)14/h3-6H,7,15H2,1-2H3. The van der Waals surface area contributed by atoms with E-state index < -0.39 is 0 Å². The van der Waals surface area contributed by atoms with Crippen molar-refractivity contribution in [3.8, 4) is 0 Å². The van der Waals surface area contributed by atoms with Crippen molar-refractivity contribution in [3.63, 3.8) is 0 Å². The number of hydrogen-bond acceptors (Lipinski definition) is 3. The lowest BCUT2D eigenvalue weighted by Crippen LogP contribution is -2.26. The van der Waals surface area contributed by atoms with Crippen LogP contribution in [0.5, 0.6) is 0 Å². The van der Waals surface area contributed by atoms with Gasteiger partial charge in [0, 0.05) is 22.1 Å².